The summed E-state index contributed by atoms with van der Waals surface area (Å²) >= 11 is 0. The second-order valence-electron chi connectivity index (χ2n) is 4.98. The molecule has 0 aliphatic carbocycles. The van der Waals surface area contributed by atoms with Crippen LogP contribution in [-0.4, -0.2) is 11.9 Å². The number of rotatable bonds is 6. The highest BCUT2D eigenvalue weighted by Gasteiger charge is 2.11. The molecule has 0 aliphatic heterocycles. The maximum absolute atomic E-state index is 11.1. The van der Waals surface area contributed by atoms with Gasteiger partial charge in [0.15, 0.2) is 0 Å². The van der Waals surface area contributed by atoms with Gasteiger partial charge in [-0.15, -0.1) is 0 Å². The molecule has 0 bridgehead atoms. The summed E-state index contributed by atoms with van der Waals surface area (Å²) in [4.78, 5) is 11.1. The van der Waals surface area contributed by atoms with E-state index in [1.807, 2.05) is 24.3 Å². The summed E-state index contributed by atoms with van der Waals surface area (Å²) in [5, 5.41) is 6.41. The fourth-order valence-electron chi connectivity index (χ4n) is 2.08. The average molecular weight is 248 g/mol. The van der Waals surface area contributed by atoms with Crippen LogP contribution in [0.4, 0.5) is 5.69 Å². The molecule has 1 amide bonds. The van der Waals surface area contributed by atoms with Gasteiger partial charge in [0.05, 0.1) is 0 Å². The molecule has 0 radical (unpaired) electrons. The van der Waals surface area contributed by atoms with Gasteiger partial charge >= 0.3 is 0 Å². The van der Waals surface area contributed by atoms with Crippen LogP contribution >= 0.6 is 0 Å². The van der Waals surface area contributed by atoms with E-state index in [0.29, 0.717) is 12.0 Å². The van der Waals surface area contributed by atoms with Crippen LogP contribution in [0, 0.1) is 5.92 Å². The van der Waals surface area contributed by atoms with Crippen LogP contribution in [0.5, 0.6) is 0 Å². The molecule has 0 saturated heterocycles. The normalized spacial score (nSPS) is 12.5. The van der Waals surface area contributed by atoms with Crippen LogP contribution in [0.15, 0.2) is 24.3 Å². The van der Waals surface area contributed by atoms with Gasteiger partial charge in [-0.2, -0.15) is 0 Å². The summed E-state index contributed by atoms with van der Waals surface area (Å²) in [7, 11) is 0. The number of hydrogen-bond donors (Lipinski definition) is 2. The number of carbonyl (C=O) groups excluding carboxylic acids is 1. The molecule has 1 rings (SSSR count). The third kappa shape index (κ3) is 4.49. The molecular weight excluding hydrogens is 224 g/mol. The summed E-state index contributed by atoms with van der Waals surface area (Å²) < 4.78 is 0. The van der Waals surface area contributed by atoms with E-state index in [1.165, 1.54) is 6.92 Å². The summed E-state index contributed by atoms with van der Waals surface area (Å²) in [6.45, 7) is 8.96. The van der Waals surface area contributed by atoms with Crippen molar-refractivity contribution in [3.8, 4) is 0 Å². The van der Waals surface area contributed by atoms with Gasteiger partial charge in [-0.25, -0.2) is 0 Å². The van der Waals surface area contributed by atoms with Crippen molar-refractivity contribution in [3.05, 3.63) is 29.8 Å². The minimum atomic E-state index is -0.0293. The standard InChI is InChI=1S/C15H24N2O/c1-5-14(11(2)3)16-10-13-8-6-7-9-15(13)17-12(4)18/h6-9,11,14,16H,5,10H2,1-4H3,(H,17,18). The Morgan fingerprint density at radius 1 is 1.28 bits per heavy atom. The largest absolute Gasteiger partial charge is 0.326 e. The van der Waals surface area contributed by atoms with E-state index in [-0.39, 0.29) is 5.91 Å². The Labute approximate surface area is 110 Å². The van der Waals surface area contributed by atoms with Gasteiger partial charge in [-0.3, -0.25) is 4.79 Å². The zero-order chi connectivity index (χ0) is 13.5. The molecule has 0 aromatic heterocycles. The molecule has 0 spiro atoms. The van der Waals surface area contributed by atoms with Crippen molar-refractivity contribution >= 4 is 11.6 Å². The van der Waals surface area contributed by atoms with Gasteiger partial charge in [0.1, 0.15) is 0 Å². The maximum Gasteiger partial charge on any atom is 0.221 e. The van der Waals surface area contributed by atoms with Crippen LogP contribution < -0.4 is 10.6 Å². The first-order chi connectivity index (χ1) is 8.54. The van der Waals surface area contributed by atoms with Crippen molar-refractivity contribution in [2.45, 2.75) is 46.7 Å². The van der Waals surface area contributed by atoms with E-state index in [9.17, 15) is 4.79 Å². The Bertz CT molecular complexity index is 388. The molecule has 1 aromatic rings. The van der Waals surface area contributed by atoms with Gasteiger partial charge < -0.3 is 10.6 Å². The third-order valence-electron chi connectivity index (χ3n) is 3.13. The minimum absolute atomic E-state index is 0.0293. The Morgan fingerprint density at radius 2 is 1.94 bits per heavy atom. The van der Waals surface area contributed by atoms with Crippen molar-refractivity contribution in [2.24, 2.45) is 5.92 Å². The zero-order valence-corrected chi connectivity index (χ0v) is 11.8. The van der Waals surface area contributed by atoms with Crippen molar-refractivity contribution < 1.29 is 4.79 Å². The van der Waals surface area contributed by atoms with Crippen molar-refractivity contribution in [1.29, 1.82) is 0 Å². The smallest absolute Gasteiger partial charge is 0.221 e. The molecule has 1 atom stereocenters. The number of hydrogen-bond acceptors (Lipinski definition) is 2. The molecule has 2 N–H and O–H groups in total. The molecule has 0 fully saturated rings. The molecule has 3 nitrogen and oxygen atoms in total. The van der Waals surface area contributed by atoms with Crippen LogP contribution in [-0.2, 0) is 11.3 Å². The molecule has 0 aliphatic rings. The highest BCUT2D eigenvalue weighted by atomic mass is 16.1. The van der Waals surface area contributed by atoms with E-state index in [4.69, 9.17) is 0 Å². The summed E-state index contributed by atoms with van der Waals surface area (Å²) in [6.07, 6.45) is 1.11. The van der Waals surface area contributed by atoms with Crippen LogP contribution in [0.2, 0.25) is 0 Å². The van der Waals surface area contributed by atoms with Gasteiger partial charge in [-0.05, 0) is 24.0 Å². The number of anilines is 1. The number of benzene rings is 1. The molecule has 0 heterocycles. The second-order valence-corrected chi connectivity index (χ2v) is 4.98. The van der Waals surface area contributed by atoms with E-state index in [2.05, 4.69) is 31.4 Å². The Balaban J connectivity index is 2.69. The van der Waals surface area contributed by atoms with Gasteiger partial charge in [0, 0.05) is 25.2 Å². The molecule has 3 heteroatoms. The Hall–Kier alpha value is -1.35. The van der Waals surface area contributed by atoms with E-state index < -0.39 is 0 Å². The Kier molecular flexibility index (Phi) is 5.86. The van der Waals surface area contributed by atoms with E-state index >= 15 is 0 Å². The average Bonchev–Trinajstić information content (AvgIpc) is 2.30. The molecule has 18 heavy (non-hydrogen) atoms. The lowest BCUT2D eigenvalue weighted by molar-refractivity contribution is -0.114. The molecule has 100 valence electrons. The van der Waals surface area contributed by atoms with E-state index in [0.717, 1.165) is 24.2 Å². The number of carbonyl (C=O) groups is 1. The molecule has 0 saturated carbocycles. The molecule has 1 aromatic carbocycles. The van der Waals surface area contributed by atoms with Gasteiger partial charge in [-0.1, -0.05) is 39.0 Å². The highest BCUT2D eigenvalue weighted by molar-refractivity contribution is 5.89. The van der Waals surface area contributed by atoms with Crippen molar-refractivity contribution in [3.63, 3.8) is 0 Å². The van der Waals surface area contributed by atoms with Gasteiger partial charge in [0.2, 0.25) is 5.91 Å². The number of amides is 1. The summed E-state index contributed by atoms with van der Waals surface area (Å²) in [6, 6.07) is 8.43. The summed E-state index contributed by atoms with van der Waals surface area (Å²) in [5.74, 6) is 0.585. The third-order valence-corrected chi connectivity index (χ3v) is 3.13. The fourth-order valence-corrected chi connectivity index (χ4v) is 2.08. The SMILES string of the molecule is CCC(NCc1ccccc1NC(C)=O)C(C)C. The Morgan fingerprint density at radius 3 is 2.50 bits per heavy atom. The van der Waals surface area contributed by atoms with Crippen LogP contribution in [0.1, 0.15) is 39.7 Å². The first-order valence-corrected chi connectivity index (χ1v) is 6.63. The maximum atomic E-state index is 11.1. The molecule has 1 unspecified atom stereocenters. The van der Waals surface area contributed by atoms with Gasteiger partial charge in [0.25, 0.3) is 0 Å². The quantitative estimate of drug-likeness (QED) is 0.812. The van der Waals surface area contributed by atoms with Crippen molar-refractivity contribution in [1.82, 2.24) is 5.32 Å². The lowest BCUT2D eigenvalue weighted by Gasteiger charge is -2.21. The monoisotopic (exact) mass is 248 g/mol. The minimum Gasteiger partial charge on any atom is -0.326 e. The first kappa shape index (κ1) is 14.7. The van der Waals surface area contributed by atoms with Crippen LogP contribution in [0.3, 0.4) is 0 Å². The predicted molar refractivity (Wildman–Crippen MR) is 76.5 cm³/mol. The lowest BCUT2D eigenvalue weighted by Crippen LogP contribution is -2.32. The fraction of sp³-hybridized carbons (Fsp3) is 0.533. The van der Waals surface area contributed by atoms with E-state index in [1.54, 1.807) is 0 Å². The lowest BCUT2D eigenvalue weighted by atomic mass is 10.0. The number of para-hydroxylation sites is 1. The summed E-state index contributed by atoms with van der Waals surface area (Å²) in [5.41, 5.74) is 2.03. The second kappa shape index (κ2) is 7.17. The highest BCUT2D eigenvalue weighted by Crippen LogP contribution is 2.16. The molecular formula is C15H24N2O. The predicted octanol–water partition coefficient (Wildman–Crippen LogP) is 3.17. The number of nitrogens with one attached hydrogen (secondary N) is 2. The van der Waals surface area contributed by atoms with Crippen molar-refractivity contribution in [2.75, 3.05) is 5.32 Å². The first-order valence-electron chi connectivity index (χ1n) is 6.63. The topological polar surface area (TPSA) is 41.1 Å². The zero-order valence-electron chi connectivity index (χ0n) is 11.8. The van der Waals surface area contributed by atoms with Crippen LogP contribution in [0.25, 0.3) is 0 Å².